The molecule has 0 saturated carbocycles. The fourth-order valence-electron chi connectivity index (χ4n) is 2.56. The van der Waals surface area contributed by atoms with Crippen molar-refractivity contribution >= 4 is 44.2 Å². The summed E-state index contributed by atoms with van der Waals surface area (Å²) in [5.41, 5.74) is 0.460. The second-order valence-electron chi connectivity index (χ2n) is 6.04. The van der Waals surface area contributed by atoms with Crippen LogP contribution in [0.15, 0.2) is 23.1 Å². The highest BCUT2D eigenvalue weighted by molar-refractivity contribution is 7.93. The van der Waals surface area contributed by atoms with Gasteiger partial charge in [-0.3, -0.25) is 9.52 Å². The summed E-state index contributed by atoms with van der Waals surface area (Å²) in [5.74, 6) is 0.249. The molecule has 0 fully saturated rings. The van der Waals surface area contributed by atoms with Crippen LogP contribution in [0.25, 0.3) is 0 Å². The first-order chi connectivity index (χ1) is 12.8. The summed E-state index contributed by atoms with van der Waals surface area (Å²) >= 11 is 6.91. The largest absolute Gasteiger partial charge is 0.342 e. The van der Waals surface area contributed by atoms with E-state index in [0.717, 1.165) is 24.4 Å². The van der Waals surface area contributed by atoms with E-state index in [0.29, 0.717) is 29.5 Å². The number of carbonyl (C=O) groups is 1. The fourth-order valence-corrected chi connectivity index (χ4v) is 4.87. The number of nitrogens with one attached hydrogen (secondary N) is 1. The normalized spacial score (nSPS) is 11.4. The second-order valence-corrected chi connectivity index (χ2v) is 8.85. The van der Waals surface area contributed by atoms with Crippen molar-refractivity contribution in [3.8, 4) is 0 Å². The Morgan fingerprint density at radius 1 is 1.26 bits per heavy atom. The Hall–Kier alpha value is -1.71. The van der Waals surface area contributed by atoms with Gasteiger partial charge in [-0.2, -0.15) is 4.37 Å². The Balaban J connectivity index is 2.11. The smallest absolute Gasteiger partial charge is 0.264 e. The van der Waals surface area contributed by atoms with Gasteiger partial charge >= 0.3 is 0 Å². The third kappa shape index (κ3) is 5.63. The van der Waals surface area contributed by atoms with Crippen LogP contribution in [0, 0.1) is 6.92 Å². The molecule has 0 aliphatic heterocycles. The van der Waals surface area contributed by atoms with Crippen LogP contribution in [0.2, 0.25) is 5.02 Å². The molecule has 1 aromatic heterocycles. The van der Waals surface area contributed by atoms with Crippen LogP contribution in [0.5, 0.6) is 0 Å². The number of carbonyl (C=O) groups excluding carboxylic acids is 1. The van der Waals surface area contributed by atoms with Gasteiger partial charge in [0.25, 0.3) is 10.0 Å². The van der Waals surface area contributed by atoms with Crippen LogP contribution in [0.4, 0.5) is 5.13 Å². The SMILES string of the molecule is CCCN(CCC)C(=O)Cc1nsc(NS(=O)(=O)c2cccc(Cl)c2C)n1. The Morgan fingerprint density at radius 2 is 1.93 bits per heavy atom. The van der Waals surface area contributed by atoms with E-state index in [1.165, 1.54) is 6.07 Å². The number of sulfonamides is 1. The third-order valence-electron chi connectivity index (χ3n) is 3.85. The molecule has 10 heteroatoms. The Kier molecular flexibility index (Phi) is 7.58. The molecule has 1 amide bonds. The fraction of sp³-hybridized carbons (Fsp3) is 0.471. The minimum absolute atomic E-state index is 0.0500. The van der Waals surface area contributed by atoms with Crippen molar-refractivity contribution in [3.63, 3.8) is 0 Å². The number of aromatic nitrogens is 2. The van der Waals surface area contributed by atoms with Gasteiger partial charge in [0.2, 0.25) is 11.0 Å². The number of nitrogens with zero attached hydrogens (tertiary/aromatic N) is 3. The maximum absolute atomic E-state index is 12.6. The first-order valence-electron chi connectivity index (χ1n) is 8.66. The zero-order valence-corrected chi connectivity index (χ0v) is 17.9. The predicted octanol–water partition coefficient (Wildman–Crippen LogP) is 3.49. The van der Waals surface area contributed by atoms with Gasteiger partial charge in [0.15, 0.2) is 5.82 Å². The molecule has 1 aromatic carbocycles. The molecule has 0 unspecified atom stereocenters. The van der Waals surface area contributed by atoms with Crippen molar-refractivity contribution in [2.75, 3.05) is 17.8 Å². The van der Waals surface area contributed by atoms with E-state index >= 15 is 0 Å². The molecule has 0 bridgehead atoms. The summed E-state index contributed by atoms with van der Waals surface area (Å²) in [6, 6.07) is 4.68. The lowest BCUT2D eigenvalue weighted by Gasteiger charge is -2.20. The number of hydrogen-bond donors (Lipinski definition) is 1. The molecule has 7 nitrogen and oxygen atoms in total. The maximum Gasteiger partial charge on any atom is 0.264 e. The van der Waals surface area contributed by atoms with E-state index < -0.39 is 10.0 Å². The van der Waals surface area contributed by atoms with Crippen molar-refractivity contribution in [2.45, 2.75) is 44.9 Å². The minimum atomic E-state index is -3.84. The Morgan fingerprint density at radius 3 is 2.56 bits per heavy atom. The van der Waals surface area contributed by atoms with Crippen LogP contribution in [-0.2, 0) is 21.2 Å². The molecule has 1 heterocycles. The van der Waals surface area contributed by atoms with Gasteiger partial charge in [-0.25, -0.2) is 13.4 Å². The van der Waals surface area contributed by atoms with E-state index in [2.05, 4.69) is 14.1 Å². The first kappa shape index (κ1) is 21.6. The number of benzene rings is 1. The lowest BCUT2D eigenvalue weighted by molar-refractivity contribution is -0.130. The zero-order chi connectivity index (χ0) is 20.0. The Labute approximate surface area is 169 Å². The number of hydrogen-bond acceptors (Lipinski definition) is 6. The molecular formula is C17H23ClN4O3S2. The van der Waals surface area contributed by atoms with E-state index in [9.17, 15) is 13.2 Å². The molecule has 0 radical (unpaired) electrons. The molecule has 0 aliphatic rings. The average Bonchev–Trinajstić information content (AvgIpc) is 3.03. The maximum atomic E-state index is 12.6. The molecule has 0 aliphatic carbocycles. The molecular weight excluding hydrogens is 408 g/mol. The third-order valence-corrected chi connectivity index (χ3v) is 6.54. The van der Waals surface area contributed by atoms with Crippen molar-refractivity contribution in [2.24, 2.45) is 0 Å². The van der Waals surface area contributed by atoms with Gasteiger partial charge in [0, 0.05) is 29.6 Å². The van der Waals surface area contributed by atoms with Crippen LogP contribution < -0.4 is 4.72 Å². The highest BCUT2D eigenvalue weighted by Crippen LogP contribution is 2.25. The second kappa shape index (κ2) is 9.48. The topological polar surface area (TPSA) is 92.3 Å². The summed E-state index contributed by atoms with van der Waals surface area (Å²) < 4.78 is 31.7. The minimum Gasteiger partial charge on any atom is -0.342 e. The number of amides is 1. The van der Waals surface area contributed by atoms with Gasteiger partial charge in [-0.1, -0.05) is 31.5 Å². The highest BCUT2D eigenvalue weighted by atomic mass is 35.5. The number of halogens is 1. The van der Waals surface area contributed by atoms with Crippen molar-refractivity contribution in [1.82, 2.24) is 14.3 Å². The predicted molar refractivity (Wildman–Crippen MR) is 108 cm³/mol. The van der Waals surface area contributed by atoms with Crippen LogP contribution >= 0.6 is 23.1 Å². The molecule has 148 valence electrons. The van der Waals surface area contributed by atoms with Gasteiger partial charge in [0.05, 0.1) is 11.3 Å². The highest BCUT2D eigenvalue weighted by Gasteiger charge is 2.21. The van der Waals surface area contributed by atoms with E-state index in [-0.39, 0.29) is 22.4 Å². The van der Waals surface area contributed by atoms with Gasteiger partial charge in [-0.15, -0.1) is 0 Å². The molecule has 1 N–H and O–H groups in total. The molecule has 27 heavy (non-hydrogen) atoms. The summed E-state index contributed by atoms with van der Waals surface area (Å²) in [7, 11) is -3.84. The lowest BCUT2D eigenvalue weighted by Crippen LogP contribution is -2.33. The summed E-state index contributed by atoms with van der Waals surface area (Å²) in [5, 5.41) is 0.489. The van der Waals surface area contributed by atoms with Crippen LogP contribution in [0.1, 0.15) is 38.1 Å². The van der Waals surface area contributed by atoms with Gasteiger partial charge in [-0.05, 0) is 37.5 Å². The molecule has 2 rings (SSSR count). The average molecular weight is 431 g/mol. The zero-order valence-electron chi connectivity index (χ0n) is 15.5. The standard InChI is InChI=1S/C17H23ClN4O3S2/c1-4-9-22(10-5-2)16(23)11-15-19-17(26-20-15)21-27(24,25)14-8-6-7-13(18)12(14)3/h6-8H,4-5,9-11H2,1-3H3,(H,19,20,21). The van der Waals surface area contributed by atoms with E-state index in [1.807, 2.05) is 13.8 Å². The van der Waals surface area contributed by atoms with Crippen LogP contribution in [-0.4, -0.2) is 41.7 Å². The van der Waals surface area contributed by atoms with Crippen molar-refractivity contribution in [3.05, 3.63) is 34.6 Å². The first-order valence-corrected chi connectivity index (χ1v) is 11.3. The molecule has 0 saturated heterocycles. The quantitative estimate of drug-likeness (QED) is 0.657. The van der Waals surface area contributed by atoms with Crippen molar-refractivity contribution in [1.29, 1.82) is 0 Å². The molecule has 0 spiro atoms. The molecule has 0 atom stereocenters. The van der Waals surface area contributed by atoms with Crippen molar-refractivity contribution < 1.29 is 13.2 Å². The van der Waals surface area contributed by atoms with Gasteiger partial charge < -0.3 is 4.90 Å². The van der Waals surface area contributed by atoms with Gasteiger partial charge in [0.1, 0.15) is 0 Å². The lowest BCUT2D eigenvalue weighted by atomic mass is 10.2. The van der Waals surface area contributed by atoms with E-state index in [1.54, 1.807) is 24.0 Å². The Bertz CT molecular complexity index is 893. The molecule has 2 aromatic rings. The van der Waals surface area contributed by atoms with Crippen LogP contribution in [0.3, 0.4) is 0 Å². The van der Waals surface area contributed by atoms with E-state index in [4.69, 9.17) is 11.6 Å². The summed E-state index contributed by atoms with van der Waals surface area (Å²) in [6.07, 6.45) is 1.80. The summed E-state index contributed by atoms with van der Waals surface area (Å²) in [6.45, 7) is 7.04. The monoisotopic (exact) mass is 430 g/mol. The number of anilines is 1. The number of rotatable bonds is 9. The summed E-state index contributed by atoms with van der Waals surface area (Å²) in [4.78, 5) is 18.4.